The van der Waals surface area contributed by atoms with Crippen LogP contribution in [0.1, 0.15) is 20.8 Å². The molecule has 8 heteroatoms. The molecule has 0 bridgehead atoms. The van der Waals surface area contributed by atoms with Crippen LogP contribution >= 0.6 is 23.2 Å². The second kappa shape index (κ2) is 9.30. The Labute approximate surface area is 150 Å². The summed E-state index contributed by atoms with van der Waals surface area (Å²) in [5.41, 5.74) is -1.04. The Morgan fingerprint density at radius 3 is 2.12 bits per heavy atom. The number of esters is 1. The van der Waals surface area contributed by atoms with Crippen molar-refractivity contribution in [3.05, 3.63) is 47.0 Å². The highest BCUT2D eigenvalue weighted by Crippen LogP contribution is 2.19. The van der Waals surface area contributed by atoms with Crippen molar-refractivity contribution in [3.8, 4) is 11.5 Å². The Kier molecular flexibility index (Phi) is 7.74. The van der Waals surface area contributed by atoms with Gasteiger partial charge in [0.2, 0.25) is 0 Å². The van der Waals surface area contributed by atoms with Crippen molar-refractivity contribution < 1.29 is 19.4 Å². The van der Waals surface area contributed by atoms with Crippen molar-refractivity contribution in [3.63, 3.8) is 0 Å². The van der Waals surface area contributed by atoms with Crippen LogP contribution in [-0.2, 0) is 9.53 Å². The number of carbonyl (C=O) groups is 1. The predicted molar refractivity (Wildman–Crippen MR) is 91.5 cm³/mol. The number of halogens is 2. The van der Waals surface area contributed by atoms with Crippen molar-refractivity contribution >= 4 is 29.2 Å². The van der Waals surface area contributed by atoms with Crippen LogP contribution in [0.15, 0.2) is 36.7 Å². The molecule has 0 atom stereocenters. The molecular formula is C16H18Cl2N2O4. The van der Waals surface area contributed by atoms with E-state index in [9.17, 15) is 4.79 Å². The molecule has 1 N–H and O–H groups in total. The Hall–Kier alpha value is -2.05. The molecule has 6 nitrogen and oxygen atoms in total. The maximum atomic E-state index is 11.5. The topological polar surface area (TPSA) is 81.5 Å². The van der Waals surface area contributed by atoms with Crippen LogP contribution in [0.25, 0.3) is 0 Å². The number of carbonyl (C=O) groups excluding carboxylic acids is 1. The van der Waals surface area contributed by atoms with Crippen LogP contribution in [0.2, 0.25) is 10.3 Å². The Balaban J connectivity index is 0.000000300. The largest absolute Gasteiger partial charge is 0.506 e. The number of ether oxygens (including phenoxy) is 2. The molecule has 0 spiro atoms. The summed E-state index contributed by atoms with van der Waals surface area (Å²) < 4.78 is 10.4. The quantitative estimate of drug-likeness (QED) is 0.647. The Morgan fingerprint density at radius 2 is 1.71 bits per heavy atom. The molecule has 2 aromatic rings. The third-order valence-electron chi connectivity index (χ3n) is 2.55. The zero-order valence-corrected chi connectivity index (χ0v) is 15.0. The van der Waals surface area contributed by atoms with E-state index in [4.69, 9.17) is 37.8 Å². The Morgan fingerprint density at radius 1 is 1.12 bits per heavy atom. The van der Waals surface area contributed by atoms with E-state index in [0.717, 1.165) is 0 Å². The smallest absolute Gasteiger partial charge is 0.349 e. The fraction of sp³-hybridized carbons (Fsp3) is 0.312. The first-order chi connectivity index (χ1) is 11.2. The van der Waals surface area contributed by atoms with Gasteiger partial charge in [-0.3, -0.25) is 0 Å². The summed E-state index contributed by atoms with van der Waals surface area (Å²) in [5.74, 6) is 0.196. The van der Waals surface area contributed by atoms with Crippen LogP contribution in [0.3, 0.4) is 0 Å². The van der Waals surface area contributed by atoms with E-state index in [2.05, 4.69) is 9.97 Å². The van der Waals surface area contributed by atoms with E-state index >= 15 is 0 Å². The molecule has 2 aromatic heterocycles. The monoisotopic (exact) mass is 372 g/mol. The van der Waals surface area contributed by atoms with E-state index < -0.39 is 11.6 Å². The molecule has 0 fully saturated rings. The number of pyridine rings is 2. The maximum absolute atomic E-state index is 11.5. The first-order valence-electron chi connectivity index (χ1n) is 7.03. The molecule has 0 unspecified atom stereocenters. The summed E-state index contributed by atoms with van der Waals surface area (Å²) in [4.78, 5) is 19.0. The molecule has 0 aliphatic carbocycles. The lowest BCUT2D eigenvalue weighted by atomic mass is 10.1. The van der Waals surface area contributed by atoms with Crippen molar-refractivity contribution in [1.29, 1.82) is 0 Å². The standard InChI is InChI=1S/C11H14ClNO3.C5H4ClNO/c1-4-15-10(14)11(2,3)16-8-5-6-9(12)13-7-8;6-5-2-1-4(8)3-7-5/h5-7H,4H2,1-3H3;1-3,8H. The maximum Gasteiger partial charge on any atom is 0.349 e. The average molecular weight is 373 g/mol. The molecule has 2 heterocycles. The molecule has 0 aromatic carbocycles. The summed E-state index contributed by atoms with van der Waals surface area (Å²) in [6.45, 7) is 5.35. The molecule has 130 valence electrons. The van der Waals surface area contributed by atoms with Crippen molar-refractivity contribution in [1.82, 2.24) is 9.97 Å². The number of aromatic hydroxyl groups is 1. The highest BCUT2D eigenvalue weighted by atomic mass is 35.5. The normalized spacial score (nSPS) is 10.4. The van der Waals surface area contributed by atoms with Crippen LogP contribution in [-0.4, -0.2) is 33.3 Å². The lowest BCUT2D eigenvalue weighted by Crippen LogP contribution is -2.39. The minimum absolute atomic E-state index is 0.134. The average Bonchev–Trinajstić information content (AvgIpc) is 2.53. The van der Waals surface area contributed by atoms with Gasteiger partial charge in [0.1, 0.15) is 21.8 Å². The molecule has 0 amide bonds. The second-order valence-corrected chi connectivity index (χ2v) is 5.76. The summed E-state index contributed by atoms with van der Waals surface area (Å²) in [7, 11) is 0. The minimum atomic E-state index is -1.04. The summed E-state index contributed by atoms with van der Waals surface area (Å²) in [6, 6.07) is 6.25. The Bertz CT molecular complexity index is 625. The number of aromatic nitrogens is 2. The SMILES string of the molecule is CCOC(=O)C(C)(C)Oc1ccc(Cl)nc1.Oc1ccc(Cl)nc1. The van der Waals surface area contributed by atoms with Gasteiger partial charge in [-0.05, 0) is 45.0 Å². The third-order valence-corrected chi connectivity index (χ3v) is 3.00. The van der Waals surface area contributed by atoms with E-state index in [-0.39, 0.29) is 5.75 Å². The van der Waals surface area contributed by atoms with E-state index in [0.29, 0.717) is 22.7 Å². The van der Waals surface area contributed by atoms with Crippen LogP contribution in [0.4, 0.5) is 0 Å². The van der Waals surface area contributed by atoms with Gasteiger partial charge in [-0.1, -0.05) is 23.2 Å². The molecule has 24 heavy (non-hydrogen) atoms. The fourth-order valence-electron chi connectivity index (χ4n) is 1.43. The van der Waals surface area contributed by atoms with Crippen molar-refractivity contribution in [2.75, 3.05) is 6.61 Å². The zero-order valence-electron chi connectivity index (χ0n) is 13.5. The minimum Gasteiger partial charge on any atom is -0.506 e. The molecule has 0 aliphatic rings. The van der Waals surface area contributed by atoms with Crippen LogP contribution < -0.4 is 4.74 Å². The number of hydrogen-bond donors (Lipinski definition) is 1. The second-order valence-electron chi connectivity index (χ2n) is 4.99. The van der Waals surface area contributed by atoms with Gasteiger partial charge < -0.3 is 14.6 Å². The van der Waals surface area contributed by atoms with E-state index in [1.54, 1.807) is 32.9 Å². The van der Waals surface area contributed by atoms with Gasteiger partial charge in [0, 0.05) is 0 Å². The van der Waals surface area contributed by atoms with Gasteiger partial charge >= 0.3 is 5.97 Å². The number of nitrogens with zero attached hydrogens (tertiary/aromatic N) is 2. The summed E-state index contributed by atoms with van der Waals surface area (Å²) >= 11 is 11.0. The van der Waals surface area contributed by atoms with Crippen LogP contribution in [0.5, 0.6) is 11.5 Å². The van der Waals surface area contributed by atoms with E-state index in [1.807, 2.05) is 0 Å². The van der Waals surface area contributed by atoms with Crippen molar-refractivity contribution in [2.24, 2.45) is 0 Å². The third kappa shape index (κ3) is 7.02. The van der Waals surface area contributed by atoms with Gasteiger partial charge in [-0.2, -0.15) is 0 Å². The van der Waals surface area contributed by atoms with E-state index in [1.165, 1.54) is 24.5 Å². The van der Waals surface area contributed by atoms with Gasteiger partial charge in [0.05, 0.1) is 19.0 Å². The molecular weight excluding hydrogens is 355 g/mol. The molecule has 0 saturated heterocycles. The molecule has 2 rings (SSSR count). The van der Waals surface area contributed by atoms with Crippen LogP contribution in [0, 0.1) is 0 Å². The lowest BCUT2D eigenvalue weighted by Gasteiger charge is -2.23. The van der Waals surface area contributed by atoms with Gasteiger partial charge in [0.25, 0.3) is 0 Å². The first-order valence-corrected chi connectivity index (χ1v) is 7.78. The van der Waals surface area contributed by atoms with Crippen molar-refractivity contribution in [2.45, 2.75) is 26.4 Å². The summed E-state index contributed by atoms with van der Waals surface area (Å²) in [5, 5.41) is 9.40. The van der Waals surface area contributed by atoms with Gasteiger partial charge in [-0.25, -0.2) is 14.8 Å². The summed E-state index contributed by atoms with van der Waals surface area (Å²) in [6.07, 6.45) is 2.76. The molecule has 0 radical (unpaired) electrons. The number of hydrogen-bond acceptors (Lipinski definition) is 6. The van der Waals surface area contributed by atoms with Gasteiger partial charge in [-0.15, -0.1) is 0 Å². The molecule has 0 aliphatic heterocycles. The lowest BCUT2D eigenvalue weighted by molar-refractivity contribution is -0.158. The highest BCUT2D eigenvalue weighted by molar-refractivity contribution is 6.29. The highest BCUT2D eigenvalue weighted by Gasteiger charge is 2.31. The predicted octanol–water partition coefficient (Wildman–Crippen LogP) is 3.90. The zero-order chi connectivity index (χ0) is 18.2. The fourth-order valence-corrected chi connectivity index (χ4v) is 1.66. The molecule has 0 saturated carbocycles. The first kappa shape index (κ1) is 20.0. The van der Waals surface area contributed by atoms with Gasteiger partial charge in [0.15, 0.2) is 5.60 Å². The number of rotatable bonds is 4.